The fourth-order valence-electron chi connectivity index (χ4n) is 2.38. The zero-order chi connectivity index (χ0) is 11.8. The molecule has 0 spiro atoms. The maximum Gasteiger partial charge on any atom is 0.109 e. The quantitative estimate of drug-likeness (QED) is 0.749. The average Bonchev–Trinajstić information content (AvgIpc) is 2.72. The van der Waals surface area contributed by atoms with Gasteiger partial charge in [-0.25, -0.2) is 4.98 Å². The first-order valence-corrected chi connectivity index (χ1v) is 6.43. The Morgan fingerprint density at radius 1 is 1.35 bits per heavy atom. The number of hydrogen-bond acceptors (Lipinski definition) is 1. The van der Waals surface area contributed by atoms with Gasteiger partial charge in [-0.05, 0) is 18.4 Å². The zero-order valence-corrected chi connectivity index (χ0v) is 10.6. The number of nitrogens with zero attached hydrogens (tertiary/aromatic N) is 2. The Hall–Kier alpha value is -1.28. The van der Waals surface area contributed by atoms with Gasteiger partial charge in [0.1, 0.15) is 5.82 Å². The topological polar surface area (TPSA) is 17.8 Å². The van der Waals surface area contributed by atoms with Gasteiger partial charge in [0.25, 0.3) is 0 Å². The minimum Gasteiger partial charge on any atom is -0.334 e. The minimum absolute atomic E-state index is 0.740. The largest absolute Gasteiger partial charge is 0.334 e. The normalized spacial score (nSPS) is 19.1. The Labute approximate surface area is 106 Å². The van der Waals surface area contributed by atoms with Gasteiger partial charge < -0.3 is 4.57 Å². The van der Waals surface area contributed by atoms with Crippen molar-refractivity contribution in [2.75, 3.05) is 0 Å². The second kappa shape index (κ2) is 4.19. The van der Waals surface area contributed by atoms with Crippen LogP contribution in [0.25, 0.3) is 11.3 Å². The summed E-state index contributed by atoms with van der Waals surface area (Å²) in [5.41, 5.74) is 2.03. The summed E-state index contributed by atoms with van der Waals surface area (Å²) < 4.78 is 2.26. The molecule has 0 saturated heterocycles. The van der Waals surface area contributed by atoms with E-state index in [-0.39, 0.29) is 0 Å². The van der Waals surface area contributed by atoms with Gasteiger partial charge in [-0.3, -0.25) is 0 Å². The van der Waals surface area contributed by atoms with E-state index >= 15 is 0 Å². The predicted molar refractivity (Wildman–Crippen MR) is 70.2 cm³/mol. The molecule has 1 atom stereocenters. The Morgan fingerprint density at radius 2 is 2.18 bits per heavy atom. The summed E-state index contributed by atoms with van der Waals surface area (Å²) >= 11 is 6.20. The van der Waals surface area contributed by atoms with Crippen molar-refractivity contribution in [1.29, 1.82) is 0 Å². The van der Waals surface area contributed by atoms with Gasteiger partial charge in [0.05, 0.1) is 10.7 Å². The lowest BCUT2D eigenvalue weighted by Crippen LogP contribution is -2.16. The Bertz CT molecular complexity index is 545. The van der Waals surface area contributed by atoms with Crippen LogP contribution in [0.3, 0.4) is 0 Å². The van der Waals surface area contributed by atoms with E-state index in [1.54, 1.807) is 0 Å². The molecule has 1 aliphatic heterocycles. The molecule has 0 amide bonds. The molecular weight excluding hydrogens is 232 g/mol. The number of aryl methyl sites for hydroxylation is 1. The van der Waals surface area contributed by atoms with E-state index in [2.05, 4.69) is 17.7 Å². The van der Waals surface area contributed by atoms with Crippen LogP contribution < -0.4 is 0 Å². The number of halogens is 1. The molecule has 0 aliphatic carbocycles. The monoisotopic (exact) mass is 246 g/mol. The summed E-state index contributed by atoms with van der Waals surface area (Å²) in [6.45, 7) is 3.36. The highest BCUT2D eigenvalue weighted by Crippen LogP contribution is 2.29. The van der Waals surface area contributed by atoms with Crippen LogP contribution in [0.5, 0.6) is 0 Å². The van der Waals surface area contributed by atoms with Crippen LogP contribution in [-0.4, -0.2) is 9.55 Å². The van der Waals surface area contributed by atoms with Crippen molar-refractivity contribution in [3.05, 3.63) is 41.3 Å². The van der Waals surface area contributed by atoms with Crippen LogP contribution >= 0.6 is 11.6 Å². The highest BCUT2D eigenvalue weighted by atomic mass is 35.5. The van der Waals surface area contributed by atoms with Crippen molar-refractivity contribution < 1.29 is 0 Å². The van der Waals surface area contributed by atoms with E-state index in [9.17, 15) is 0 Å². The van der Waals surface area contributed by atoms with Gasteiger partial charge >= 0.3 is 0 Å². The van der Waals surface area contributed by atoms with E-state index in [1.165, 1.54) is 12.2 Å². The summed E-state index contributed by atoms with van der Waals surface area (Å²) in [5.74, 6) is 1.93. The molecule has 88 valence electrons. The van der Waals surface area contributed by atoms with Gasteiger partial charge in [-0.1, -0.05) is 36.7 Å². The number of rotatable bonds is 1. The number of benzene rings is 1. The molecule has 2 nitrogen and oxygen atoms in total. The highest BCUT2D eigenvalue weighted by molar-refractivity contribution is 6.33. The van der Waals surface area contributed by atoms with Crippen LogP contribution in [-0.2, 0) is 13.0 Å². The molecular formula is C14H15ClN2. The Morgan fingerprint density at radius 3 is 3.00 bits per heavy atom. The summed E-state index contributed by atoms with van der Waals surface area (Å²) in [4.78, 5) is 4.71. The molecule has 3 heteroatoms. The van der Waals surface area contributed by atoms with Crippen molar-refractivity contribution in [3.63, 3.8) is 0 Å². The molecule has 1 aromatic carbocycles. The van der Waals surface area contributed by atoms with E-state index in [0.29, 0.717) is 0 Å². The maximum absolute atomic E-state index is 6.20. The van der Waals surface area contributed by atoms with Crippen LogP contribution in [0.1, 0.15) is 19.2 Å². The summed E-state index contributed by atoms with van der Waals surface area (Å²) in [6, 6.07) is 7.89. The Kier molecular flexibility index (Phi) is 2.67. The van der Waals surface area contributed by atoms with Crippen molar-refractivity contribution >= 4 is 11.6 Å². The van der Waals surface area contributed by atoms with Crippen LogP contribution in [0.2, 0.25) is 5.02 Å². The number of hydrogen-bond donors (Lipinski definition) is 0. The zero-order valence-electron chi connectivity index (χ0n) is 9.86. The molecule has 0 bridgehead atoms. The van der Waals surface area contributed by atoms with Gasteiger partial charge in [0.2, 0.25) is 0 Å². The first-order chi connectivity index (χ1) is 8.24. The molecule has 0 saturated carbocycles. The smallest absolute Gasteiger partial charge is 0.109 e. The lowest BCUT2D eigenvalue weighted by atomic mass is 10.0. The fourth-order valence-corrected chi connectivity index (χ4v) is 2.62. The van der Waals surface area contributed by atoms with Crippen LogP contribution in [0.4, 0.5) is 0 Å². The number of aromatic nitrogens is 2. The van der Waals surface area contributed by atoms with Gasteiger partial charge in [-0.2, -0.15) is 0 Å². The van der Waals surface area contributed by atoms with Crippen molar-refractivity contribution in [3.8, 4) is 11.3 Å². The molecule has 0 unspecified atom stereocenters. The first kappa shape index (κ1) is 10.8. The van der Waals surface area contributed by atoms with E-state index in [0.717, 1.165) is 35.2 Å². The minimum atomic E-state index is 0.740. The molecule has 1 aliphatic rings. The average molecular weight is 247 g/mol. The van der Waals surface area contributed by atoms with Crippen molar-refractivity contribution in [1.82, 2.24) is 9.55 Å². The van der Waals surface area contributed by atoms with E-state index < -0.39 is 0 Å². The SMILES string of the molecule is C[C@@H]1CCn2cc(-c3ccccc3Cl)nc2C1. The Balaban J connectivity index is 2.03. The molecule has 17 heavy (non-hydrogen) atoms. The molecule has 1 aromatic heterocycles. The summed E-state index contributed by atoms with van der Waals surface area (Å²) in [7, 11) is 0. The third kappa shape index (κ3) is 1.98. The third-order valence-corrected chi connectivity index (χ3v) is 3.73. The summed E-state index contributed by atoms with van der Waals surface area (Å²) in [6.07, 6.45) is 4.44. The molecule has 2 aromatic rings. The van der Waals surface area contributed by atoms with Gasteiger partial charge in [0.15, 0.2) is 0 Å². The lowest BCUT2D eigenvalue weighted by Gasteiger charge is -2.18. The first-order valence-electron chi connectivity index (χ1n) is 6.05. The second-order valence-corrected chi connectivity index (χ2v) is 5.22. The fraction of sp³-hybridized carbons (Fsp3) is 0.357. The van der Waals surface area contributed by atoms with Gasteiger partial charge in [-0.15, -0.1) is 0 Å². The van der Waals surface area contributed by atoms with Crippen LogP contribution in [0, 0.1) is 5.92 Å². The number of fused-ring (bicyclic) bond motifs is 1. The lowest BCUT2D eigenvalue weighted by molar-refractivity contribution is 0.409. The van der Waals surface area contributed by atoms with Crippen molar-refractivity contribution in [2.24, 2.45) is 5.92 Å². The molecule has 0 fully saturated rings. The number of imidazole rings is 1. The van der Waals surface area contributed by atoms with Gasteiger partial charge in [0, 0.05) is 24.7 Å². The standard InChI is InChI=1S/C14H15ClN2/c1-10-6-7-17-9-13(16-14(17)8-10)11-4-2-3-5-12(11)15/h2-5,9-10H,6-8H2,1H3/t10-/m1/s1. The predicted octanol–water partition coefficient (Wildman–Crippen LogP) is 3.79. The summed E-state index contributed by atoms with van der Waals surface area (Å²) in [5, 5.41) is 0.774. The van der Waals surface area contributed by atoms with E-state index in [1.807, 2.05) is 24.3 Å². The molecule has 0 radical (unpaired) electrons. The highest BCUT2D eigenvalue weighted by Gasteiger charge is 2.18. The van der Waals surface area contributed by atoms with E-state index in [4.69, 9.17) is 16.6 Å². The second-order valence-electron chi connectivity index (χ2n) is 4.81. The van der Waals surface area contributed by atoms with Crippen LogP contribution in [0.15, 0.2) is 30.5 Å². The molecule has 0 N–H and O–H groups in total. The maximum atomic E-state index is 6.20. The third-order valence-electron chi connectivity index (χ3n) is 3.40. The van der Waals surface area contributed by atoms with Crippen molar-refractivity contribution in [2.45, 2.75) is 26.3 Å². The molecule has 2 heterocycles. The molecule has 3 rings (SSSR count).